The summed E-state index contributed by atoms with van der Waals surface area (Å²) in [4.78, 5) is 12.4. The van der Waals surface area contributed by atoms with Gasteiger partial charge in [0.1, 0.15) is 6.10 Å². The lowest BCUT2D eigenvalue weighted by molar-refractivity contribution is -0.157. The van der Waals surface area contributed by atoms with E-state index in [-0.39, 0.29) is 18.3 Å². The SMILES string of the molecule is CC(C)(O)C1(c2ccc(-c3nc4nc(OC5CO[C@@H]6CCO[C@H]56)[nH]c4cc3Cl)cc2)COC1. The van der Waals surface area contributed by atoms with Gasteiger partial charge in [0.15, 0.2) is 11.8 Å². The maximum Gasteiger partial charge on any atom is 0.296 e. The highest BCUT2D eigenvalue weighted by molar-refractivity contribution is 6.33. The van der Waals surface area contributed by atoms with Crippen molar-refractivity contribution in [3.63, 3.8) is 0 Å². The second-order valence-electron chi connectivity index (χ2n) is 9.60. The molecule has 0 amide bonds. The van der Waals surface area contributed by atoms with Gasteiger partial charge in [-0.1, -0.05) is 35.9 Å². The molecule has 0 aliphatic carbocycles. The molecule has 174 valence electrons. The zero-order valence-corrected chi connectivity index (χ0v) is 19.3. The molecule has 5 heterocycles. The number of nitrogens with one attached hydrogen (secondary N) is 1. The molecule has 1 unspecified atom stereocenters. The number of halogens is 1. The van der Waals surface area contributed by atoms with Crippen molar-refractivity contribution in [3.8, 4) is 17.3 Å². The summed E-state index contributed by atoms with van der Waals surface area (Å²) in [5, 5.41) is 11.2. The number of benzene rings is 1. The molecule has 3 aromatic rings. The summed E-state index contributed by atoms with van der Waals surface area (Å²) in [6, 6.07) is 10.1. The molecule has 0 spiro atoms. The number of H-pyrrole nitrogens is 1. The van der Waals surface area contributed by atoms with Crippen LogP contribution < -0.4 is 4.74 Å². The van der Waals surface area contributed by atoms with Crippen LogP contribution in [0, 0.1) is 0 Å². The standard InChI is InChI=1S/C24H26ClN3O5/c1-23(2,29)24(11-30-12-24)14-5-3-13(4-6-14)19-15(25)9-16-21(27-19)28-22(26-16)33-18-10-32-17-7-8-31-20(17)18/h3-6,9,17-18,20,29H,7-8,10-12H2,1-2H3,(H,26,27,28)/t17-,18?,20+/m1/s1. The first-order valence-electron chi connectivity index (χ1n) is 11.2. The molecule has 0 saturated carbocycles. The Morgan fingerprint density at radius 1 is 1.18 bits per heavy atom. The predicted molar refractivity (Wildman–Crippen MR) is 122 cm³/mol. The van der Waals surface area contributed by atoms with Crippen molar-refractivity contribution in [1.82, 2.24) is 15.0 Å². The normalized spacial score (nSPS) is 26.4. The highest BCUT2D eigenvalue weighted by Crippen LogP contribution is 2.42. The van der Waals surface area contributed by atoms with E-state index < -0.39 is 11.0 Å². The summed E-state index contributed by atoms with van der Waals surface area (Å²) in [6.07, 6.45) is 0.744. The fourth-order valence-electron chi connectivity index (χ4n) is 4.95. The zero-order valence-electron chi connectivity index (χ0n) is 18.5. The lowest BCUT2D eigenvalue weighted by Crippen LogP contribution is -2.60. The second kappa shape index (κ2) is 7.65. The molecule has 3 aliphatic rings. The zero-order chi connectivity index (χ0) is 22.8. The van der Waals surface area contributed by atoms with Gasteiger partial charge in [0.25, 0.3) is 6.01 Å². The quantitative estimate of drug-likeness (QED) is 0.589. The summed E-state index contributed by atoms with van der Waals surface area (Å²) >= 11 is 6.58. The van der Waals surface area contributed by atoms with Crippen LogP contribution in [0.2, 0.25) is 5.02 Å². The molecule has 3 atom stereocenters. The molecule has 6 rings (SSSR count). The van der Waals surface area contributed by atoms with Crippen LogP contribution in [0.4, 0.5) is 0 Å². The number of aromatic nitrogens is 3. The van der Waals surface area contributed by atoms with Crippen LogP contribution >= 0.6 is 11.6 Å². The third-order valence-electron chi connectivity index (χ3n) is 7.17. The minimum absolute atomic E-state index is 0.0582. The molecular weight excluding hydrogens is 446 g/mol. The lowest BCUT2D eigenvalue weighted by atomic mass is 9.67. The van der Waals surface area contributed by atoms with Gasteiger partial charge in [-0.15, -0.1) is 0 Å². The first-order chi connectivity index (χ1) is 15.8. The third kappa shape index (κ3) is 3.43. The summed E-state index contributed by atoms with van der Waals surface area (Å²) < 4.78 is 23.0. The molecule has 3 aliphatic heterocycles. The molecule has 2 aromatic heterocycles. The summed E-state index contributed by atoms with van der Waals surface area (Å²) in [7, 11) is 0. The van der Waals surface area contributed by atoms with Crippen molar-refractivity contribution in [3.05, 3.63) is 40.9 Å². The summed E-state index contributed by atoms with van der Waals surface area (Å²) in [6.45, 7) is 5.81. The van der Waals surface area contributed by atoms with Crippen LogP contribution in [0.5, 0.6) is 6.01 Å². The Morgan fingerprint density at radius 2 is 1.97 bits per heavy atom. The number of ether oxygens (including phenoxy) is 4. The maximum atomic E-state index is 10.7. The van der Waals surface area contributed by atoms with Crippen LogP contribution in [0.3, 0.4) is 0 Å². The molecule has 9 heteroatoms. The van der Waals surface area contributed by atoms with E-state index in [1.54, 1.807) is 0 Å². The van der Waals surface area contributed by atoms with Gasteiger partial charge < -0.3 is 29.0 Å². The van der Waals surface area contributed by atoms with Gasteiger partial charge in [0.2, 0.25) is 0 Å². The number of imidazole rings is 1. The molecule has 0 bridgehead atoms. The Kier molecular flexibility index (Phi) is 4.94. The van der Waals surface area contributed by atoms with E-state index in [0.29, 0.717) is 54.3 Å². The van der Waals surface area contributed by atoms with Gasteiger partial charge >= 0.3 is 0 Å². The minimum Gasteiger partial charge on any atom is -0.456 e. The number of aromatic amines is 1. The summed E-state index contributed by atoms with van der Waals surface area (Å²) in [5.41, 5.74) is 2.47. The smallest absolute Gasteiger partial charge is 0.296 e. The second-order valence-corrected chi connectivity index (χ2v) is 10.0. The molecule has 0 radical (unpaired) electrons. The molecular formula is C24H26ClN3O5. The number of hydrogen-bond acceptors (Lipinski definition) is 7. The van der Waals surface area contributed by atoms with E-state index in [4.69, 9.17) is 35.5 Å². The van der Waals surface area contributed by atoms with Crippen molar-refractivity contribution in [2.24, 2.45) is 0 Å². The number of aliphatic hydroxyl groups is 1. The van der Waals surface area contributed by atoms with E-state index in [1.807, 2.05) is 44.2 Å². The van der Waals surface area contributed by atoms with Crippen LogP contribution in [-0.2, 0) is 19.6 Å². The van der Waals surface area contributed by atoms with E-state index in [9.17, 15) is 5.11 Å². The Hall–Kier alpha value is -2.23. The highest BCUT2D eigenvalue weighted by atomic mass is 35.5. The number of rotatable bonds is 5. The number of pyridine rings is 1. The minimum atomic E-state index is -0.888. The van der Waals surface area contributed by atoms with Crippen molar-refractivity contribution in [1.29, 1.82) is 0 Å². The summed E-state index contributed by atoms with van der Waals surface area (Å²) in [5.74, 6) is 0. The topological polar surface area (TPSA) is 98.7 Å². The Morgan fingerprint density at radius 3 is 2.67 bits per heavy atom. The van der Waals surface area contributed by atoms with Gasteiger partial charge in [0.05, 0.1) is 53.2 Å². The van der Waals surface area contributed by atoms with Crippen LogP contribution in [0.25, 0.3) is 22.4 Å². The number of fused-ring (bicyclic) bond motifs is 2. The van der Waals surface area contributed by atoms with Crippen molar-refractivity contribution >= 4 is 22.8 Å². The van der Waals surface area contributed by atoms with E-state index in [1.165, 1.54) is 0 Å². The van der Waals surface area contributed by atoms with Crippen molar-refractivity contribution < 1.29 is 24.1 Å². The number of nitrogens with zero attached hydrogens (tertiary/aromatic N) is 2. The molecule has 2 N–H and O–H groups in total. The van der Waals surface area contributed by atoms with Gasteiger partial charge in [-0.05, 0) is 31.9 Å². The maximum absolute atomic E-state index is 10.7. The van der Waals surface area contributed by atoms with Crippen molar-refractivity contribution in [2.45, 2.75) is 49.6 Å². The average molecular weight is 472 g/mol. The Labute approximate surface area is 196 Å². The first kappa shape index (κ1) is 21.3. The fraction of sp³-hybridized carbons (Fsp3) is 0.500. The van der Waals surface area contributed by atoms with Gasteiger partial charge in [-0.2, -0.15) is 4.98 Å². The molecule has 8 nitrogen and oxygen atoms in total. The Balaban J connectivity index is 1.27. The number of hydrogen-bond donors (Lipinski definition) is 2. The molecule has 33 heavy (non-hydrogen) atoms. The predicted octanol–water partition coefficient (Wildman–Crippen LogP) is 3.25. The fourth-order valence-corrected chi connectivity index (χ4v) is 5.22. The largest absolute Gasteiger partial charge is 0.456 e. The van der Waals surface area contributed by atoms with E-state index in [0.717, 1.165) is 17.5 Å². The molecule has 3 fully saturated rings. The Bertz CT molecular complexity index is 1190. The van der Waals surface area contributed by atoms with E-state index in [2.05, 4.69) is 9.97 Å². The van der Waals surface area contributed by atoms with Gasteiger partial charge in [-0.25, -0.2) is 4.98 Å². The highest BCUT2D eigenvalue weighted by Gasteiger charge is 2.51. The van der Waals surface area contributed by atoms with Crippen LogP contribution in [0.1, 0.15) is 25.8 Å². The van der Waals surface area contributed by atoms with Gasteiger partial charge in [0, 0.05) is 12.2 Å². The van der Waals surface area contributed by atoms with E-state index >= 15 is 0 Å². The lowest BCUT2D eigenvalue weighted by Gasteiger charge is -2.50. The average Bonchev–Trinajstić information content (AvgIpc) is 3.43. The van der Waals surface area contributed by atoms with Crippen LogP contribution in [0.15, 0.2) is 30.3 Å². The molecule has 3 saturated heterocycles. The molecule has 1 aromatic carbocycles. The van der Waals surface area contributed by atoms with Crippen molar-refractivity contribution in [2.75, 3.05) is 26.4 Å². The first-order valence-corrected chi connectivity index (χ1v) is 11.6. The van der Waals surface area contributed by atoms with Gasteiger partial charge in [-0.3, -0.25) is 0 Å². The van der Waals surface area contributed by atoms with Crippen LogP contribution in [-0.4, -0.2) is 70.4 Å². The monoisotopic (exact) mass is 471 g/mol. The third-order valence-corrected chi connectivity index (χ3v) is 7.46.